The zero-order chi connectivity index (χ0) is 14.1. The van der Waals surface area contributed by atoms with Gasteiger partial charge in [-0.1, -0.05) is 12.1 Å². The standard InChI is InChI=1S/C17H23N3/c1-12-3-6-14-9-15(7-8-16(14)19-12)17(10-18)20(2)11-13-4-5-13/h3,6-9,13,17H,4-5,10-11,18H2,1-2H3. The topological polar surface area (TPSA) is 42.1 Å². The molecule has 1 saturated carbocycles. The van der Waals surface area contributed by atoms with Gasteiger partial charge in [0.15, 0.2) is 0 Å². The van der Waals surface area contributed by atoms with E-state index in [0.717, 1.165) is 23.7 Å². The molecular formula is C17H23N3. The van der Waals surface area contributed by atoms with Crippen LogP contribution in [0.15, 0.2) is 30.3 Å². The smallest absolute Gasteiger partial charge is 0.0705 e. The van der Waals surface area contributed by atoms with Gasteiger partial charge in [-0.3, -0.25) is 9.88 Å². The molecule has 1 aromatic heterocycles. The summed E-state index contributed by atoms with van der Waals surface area (Å²) in [6.07, 6.45) is 2.76. The quantitative estimate of drug-likeness (QED) is 0.907. The first-order valence-electron chi connectivity index (χ1n) is 7.45. The minimum absolute atomic E-state index is 0.307. The maximum Gasteiger partial charge on any atom is 0.0705 e. The van der Waals surface area contributed by atoms with Gasteiger partial charge >= 0.3 is 0 Å². The Morgan fingerprint density at radius 3 is 2.80 bits per heavy atom. The first kappa shape index (κ1) is 13.5. The maximum atomic E-state index is 6.01. The molecule has 0 spiro atoms. The van der Waals surface area contributed by atoms with E-state index in [1.165, 1.54) is 23.8 Å². The number of fused-ring (bicyclic) bond motifs is 1. The Labute approximate surface area is 120 Å². The van der Waals surface area contributed by atoms with Gasteiger partial charge in [0.1, 0.15) is 0 Å². The van der Waals surface area contributed by atoms with Crippen LogP contribution in [0.3, 0.4) is 0 Å². The number of hydrogen-bond acceptors (Lipinski definition) is 3. The third kappa shape index (κ3) is 2.84. The fourth-order valence-electron chi connectivity index (χ4n) is 2.86. The van der Waals surface area contributed by atoms with E-state index in [1.807, 2.05) is 6.92 Å². The molecule has 1 aromatic carbocycles. The van der Waals surface area contributed by atoms with Gasteiger partial charge in [0.25, 0.3) is 0 Å². The molecule has 1 aliphatic rings. The largest absolute Gasteiger partial charge is 0.329 e. The van der Waals surface area contributed by atoms with Gasteiger partial charge in [-0.15, -0.1) is 0 Å². The molecule has 3 rings (SSSR count). The molecule has 1 fully saturated rings. The predicted octanol–water partition coefficient (Wildman–Crippen LogP) is 2.88. The molecule has 0 amide bonds. The molecule has 0 bridgehead atoms. The first-order chi connectivity index (χ1) is 9.67. The van der Waals surface area contributed by atoms with E-state index >= 15 is 0 Å². The Morgan fingerprint density at radius 1 is 1.30 bits per heavy atom. The Morgan fingerprint density at radius 2 is 2.10 bits per heavy atom. The Hall–Kier alpha value is -1.45. The molecule has 1 atom stereocenters. The van der Waals surface area contributed by atoms with Crippen molar-refractivity contribution < 1.29 is 0 Å². The lowest BCUT2D eigenvalue weighted by atomic mass is 10.0. The molecular weight excluding hydrogens is 246 g/mol. The monoisotopic (exact) mass is 269 g/mol. The fraction of sp³-hybridized carbons (Fsp3) is 0.471. The summed E-state index contributed by atoms with van der Waals surface area (Å²) in [4.78, 5) is 6.96. The highest BCUT2D eigenvalue weighted by Gasteiger charge is 2.26. The normalized spacial score (nSPS) is 16.8. The van der Waals surface area contributed by atoms with Gasteiger partial charge in [0, 0.05) is 30.2 Å². The number of likely N-dealkylation sites (N-methyl/N-ethyl adjacent to an activating group) is 1. The van der Waals surface area contributed by atoms with Crippen LogP contribution < -0.4 is 5.73 Å². The molecule has 1 aliphatic carbocycles. The van der Waals surface area contributed by atoms with Crippen molar-refractivity contribution in [2.45, 2.75) is 25.8 Å². The van der Waals surface area contributed by atoms with Crippen LogP contribution in [0, 0.1) is 12.8 Å². The zero-order valence-electron chi connectivity index (χ0n) is 12.3. The Balaban J connectivity index is 1.88. The van der Waals surface area contributed by atoms with Gasteiger partial charge in [-0.25, -0.2) is 0 Å². The minimum atomic E-state index is 0.307. The van der Waals surface area contributed by atoms with Crippen molar-refractivity contribution in [3.63, 3.8) is 0 Å². The molecule has 0 saturated heterocycles. The van der Waals surface area contributed by atoms with E-state index in [4.69, 9.17) is 5.73 Å². The summed E-state index contributed by atoms with van der Waals surface area (Å²) in [6.45, 7) is 3.85. The van der Waals surface area contributed by atoms with Crippen LogP contribution in [-0.2, 0) is 0 Å². The Kier molecular flexibility index (Phi) is 3.72. The van der Waals surface area contributed by atoms with Crippen LogP contribution in [0.2, 0.25) is 0 Å². The molecule has 106 valence electrons. The number of aryl methyl sites for hydroxylation is 1. The first-order valence-corrected chi connectivity index (χ1v) is 7.45. The molecule has 3 nitrogen and oxygen atoms in total. The van der Waals surface area contributed by atoms with Gasteiger partial charge in [0.2, 0.25) is 0 Å². The van der Waals surface area contributed by atoms with Gasteiger partial charge in [-0.2, -0.15) is 0 Å². The van der Waals surface area contributed by atoms with E-state index in [-0.39, 0.29) is 0 Å². The summed E-state index contributed by atoms with van der Waals surface area (Å²) in [7, 11) is 2.19. The second-order valence-corrected chi connectivity index (χ2v) is 6.04. The minimum Gasteiger partial charge on any atom is -0.329 e. The van der Waals surface area contributed by atoms with Gasteiger partial charge in [-0.05, 0) is 56.5 Å². The van der Waals surface area contributed by atoms with Crippen LogP contribution in [0.5, 0.6) is 0 Å². The van der Waals surface area contributed by atoms with E-state index in [0.29, 0.717) is 12.6 Å². The third-order valence-electron chi connectivity index (χ3n) is 4.24. The van der Waals surface area contributed by atoms with Crippen LogP contribution in [-0.4, -0.2) is 30.0 Å². The molecule has 0 aliphatic heterocycles. The summed E-state index contributed by atoms with van der Waals surface area (Å²) in [5.74, 6) is 0.888. The van der Waals surface area contributed by atoms with Crippen molar-refractivity contribution in [1.29, 1.82) is 0 Å². The second kappa shape index (κ2) is 5.51. The average molecular weight is 269 g/mol. The highest BCUT2D eigenvalue weighted by molar-refractivity contribution is 5.79. The summed E-state index contributed by atoms with van der Waals surface area (Å²) in [5, 5.41) is 1.20. The van der Waals surface area contributed by atoms with E-state index in [9.17, 15) is 0 Å². The lowest BCUT2D eigenvalue weighted by Gasteiger charge is -2.27. The Bertz CT molecular complexity index is 604. The molecule has 2 aromatic rings. The number of aromatic nitrogens is 1. The predicted molar refractivity (Wildman–Crippen MR) is 83.6 cm³/mol. The van der Waals surface area contributed by atoms with Gasteiger partial charge < -0.3 is 5.73 Å². The van der Waals surface area contributed by atoms with Crippen LogP contribution in [0.1, 0.15) is 30.1 Å². The number of pyridine rings is 1. The molecule has 0 radical (unpaired) electrons. The van der Waals surface area contributed by atoms with Crippen LogP contribution in [0.4, 0.5) is 0 Å². The SMILES string of the molecule is Cc1ccc2cc(C(CN)N(C)CC3CC3)ccc2n1. The summed E-state index contributed by atoms with van der Waals surface area (Å²) < 4.78 is 0. The molecule has 1 heterocycles. The molecule has 20 heavy (non-hydrogen) atoms. The van der Waals surface area contributed by atoms with Crippen LogP contribution in [0.25, 0.3) is 10.9 Å². The third-order valence-corrected chi connectivity index (χ3v) is 4.24. The lowest BCUT2D eigenvalue weighted by molar-refractivity contribution is 0.240. The fourth-order valence-corrected chi connectivity index (χ4v) is 2.86. The van der Waals surface area contributed by atoms with Gasteiger partial charge in [0.05, 0.1) is 5.52 Å². The highest BCUT2D eigenvalue weighted by Crippen LogP contribution is 2.32. The van der Waals surface area contributed by atoms with Crippen molar-refractivity contribution in [1.82, 2.24) is 9.88 Å². The van der Waals surface area contributed by atoms with E-state index < -0.39 is 0 Å². The number of benzene rings is 1. The van der Waals surface area contributed by atoms with E-state index in [1.54, 1.807) is 0 Å². The van der Waals surface area contributed by atoms with Crippen molar-refractivity contribution in [2.24, 2.45) is 11.7 Å². The maximum absolute atomic E-state index is 6.01. The summed E-state index contributed by atoms with van der Waals surface area (Å²) >= 11 is 0. The number of rotatable bonds is 5. The number of nitrogens with zero attached hydrogens (tertiary/aromatic N) is 2. The number of hydrogen-bond donors (Lipinski definition) is 1. The lowest BCUT2D eigenvalue weighted by Crippen LogP contribution is -2.32. The molecule has 1 unspecified atom stereocenters. The summed E-state index contributed by atoms with van der Waals surface area (Å²) in [5.41, 5.74) is 9.44. The zero-order valence-corrected chi connectivity index (χ0v) is 12.3. The molecule has 2 N–H and O–H groups in total. The summed E-state index contributed by atoms with van der Waals surface area (Å²) in [6, 6.07) is 11.1. The van der Waals surface area contributed by atoms with Crippen molar-refractivity contribution in [2.75, 3.05) is 20.1 Å². The van der Waals surface area contributed by atoms with Crippen molar-refractivity contribution in [3.05, 3.63) is 41.6 Å². The van der Waals surface area contributed by atoms with Crippen molar-refractivity contribution >= 4 is 10.9 Å². The molecule has 3 heteroatoms. The number of nitrogens with two attached hydrogens (primary N) is 1. The van der Waals surface area contributed by atoms with E-state index in [2.05, 4.69) is 47.3 Å². The second-order valence-electron chi connectivity index (χ2n) is 6.04. The average Bonchev–Trinajstić information content (AvgIpc) is 3.23. The van der Waals surface area contributed by atoms with Crippen molar-refractivity contribution in [3.8, 4) is 0 Å². The highest BCUT2D eigenvalue weighted by atomic mass is 15.1. The van der Waals surface area contributed by atoms with Crippen LogP contribution >= 0.6 is 0 Å².